The van der Waals surface area contributed by atoms with Crippen molar-refractivity contribution in [3.05, 3.63) is 23.7 Å². The quantitative estimate of drug-likeness (QED) is 0.812. The minimum atomic E-state index is -3.05. The number of aryl methyl sites for hydroxylation is 1. The molecule has 1 aromatic heterocycles. The molecule has 4 nitrogen and oxygen atoms in total. The van der Waals surface area contributed by atoms with Crippen molar-refractivity contribution in [2.24, 2.45) is 5.73 Å². The Morgan fingerprint density at radius 3 is 2.57 bits per heavy atom. The van der Waals surface area contributed by atoms with Crippen molar-refractivity contribution in [1.82, 2.24) is 0 Å². The maximum absolute atomic E-state index is 11.0. The van der Waals surface area contributed by atoms with Gasteiger partial charge in [-0.1, -0.05) is 6.92 Å². The van der Waals surface area contributed by atoms with E-state index in [1.807, 2.05) is 13.0 Å². The lowest BCUT2D eigenvalue weighted by Crippen LogP contribution is -2.20. The van der Waals surface area contributed by atoms with E-state index in [1.165, 1.54) is 0 Å². The van der Waals surface area contributed by atoms with Crippen molar-refractivity contribution in [3.8, 4) is 0 Å². The highest BCUT2D eigenvalue weighted by atomic mass is 32.2. The zero-order valence-corrected chi connectivity index (χ0v) is 9.17. The summed E-state index contributed by atoms with van der Waals surface area (Å²) < 4.78 is 27.3. The molecule has 0 aliphatic rings. The monoisotopic (exact) mass is 217 g/mol. The molecule has 1 unspecified atom stereocenters. The van der Waals surface area contributed by atoms with Crippen molar-refractivity contribution >= 4 is 9.84 Å². The maximum atomic E-state index is 11.0. The van der Waals surface area contributed by atoms with Crippen LogP contribution in [0, 0.1) is 0 Å². The first-order valence-electron chi connectivity index (χ1n) is 4.44. The van der Waals surface area contributed by atoms with Crippen molar-refractivity contribution in [1.29, 1.82) is 0 Å². The smallest absolute Gasteiger partial charge is 0.149 e. The standard InChI is InChI=1S/C9H15NO3S/c1-3-7-4-5-9(13-7)8(10)6-14(2,11)12/h4-5,8H,3,6,10H2,1-2H3. The Morgan fingerprint density at radius 1 is 1.50 bits per heavy atom. The van der Waals surface area contributed by atoms with Gasteiger partial charge in [-0.05, 0) is 12.1 Å². The average Bonchev–Trinajstić information content (AvgIpc) is 2.48. The molecular weight excluding hydrogens is 202 g/mol. The lowest BCUT2D eigenvalue weighted by atomic mass is 10.3. The highest BCUT2D eigenvalue weighted by molar-refractivity contribution is 7.90. The van der Waals surface area contributed by atoms with Gasteiger partial charge in [0, 0.05) is 12.7 Å². The van der Waals surface area contributed by atoms with Gasteiger partial charge in [0.2, 0.25) is 0 Å². The average molecular weight is 217 g/mol. The number of furan rings is 1. The van der Waals surface area contributed by atoms with E-state index < -0.39 is 15.9 Å². The van der Waals surface area contributed by atoms with Gasteiger partial charge < -0.3 is 10.2 Å². The normalized spacial score (nSPS) is 14.2. The fourth-order valence-electron chi connectivity index (χ4n) is 1.19. The van der Waals surface area contributed by atoms with Crippen LogP contribution in [0.1, 0.15) is 24.5 Å². The van der Waals surface area contributed by atoms with Crippen LogP contribution in [0.15, 0.2) is 16.5 Å². The summed E-state index contributed by atoms with van der Waals surface area (Å²) in [5.74, 6) is 1.28. The highest BCUT2D eigenvalue weighted by Crippen LogP contribution is 2.16. The van der Waals surface area contributed by atoms with Gasteiger partial charge >= 0.3 is 0 Å². The van der Waals surface area contributed by atoms with Gasteiger partial charge in [-0.15, -0.1) is 0 Å². The van der Waals surface area contributed by atoms with E-state index in [9.17, 15) is 8.42 Å². The Bertz CT molecular complexity index is 394. The van der Waals surface area contributed by atoms with Crippen molar-refractivity contribution < 1.29 is 12.8 Å². The van der Waals surface area contributed by atoms with Crippen LogP contribution in [0.25, 0.3) is 0 Å². The lowest BCUT2D eigenvalue weighted by molar-refractivity contribution is 0.445. The molecular formula is C9H15NO3S. The minimum Gasteiger partial charge on any atom is -0.464 e. The molecule has 1 aromatic rings. The summed E-state index contributed by atoms with van der Waals surface area (Å²) >= 11 is 0. The second kappa shape index (κ2) is 4.14. The third-order valence-electron chi connectivity index (χ3n) is 1.88. The predicted molar refractivity (Wildman–Crippen MR) is 54.7 cm³/mol. The molecule has 1 atom stereocenters. The molecule has 5 heteroatoms. The van der Waals surface area contributed by atoms with E-state index in [1.54, 1.807) is 6.07 Å². The molecule has 0 aromatic carbocycles. The second-order valence-corrected chi connectivity index (χ2v) is 5.54. The molecule has 0 amide bonds. The summed E-state index contributed by atoms with van der Waals surface area (Å²) in [5.41, 5.74) is 5.68. The summed E-state index contributed by atoms with van der Waals surface area (Å²) in [6, 6.07) is 2.98. The van der Waals surface area contributed by atoms with Gasteiger partial charge in [-0.3, -0.25) is 0 Å². The van der Waals surface area contributed by atoms with Crippen molar-refractivity contribution in [3.63, 3.8) is 0 Å². The van der Waals surface area contributed by atoms with Crippen LogP contribution in [0.3, 0.4) is 0 Å². The Labute approximate surface area is 84.0 Å². The van der Waals surface area contributed by atoms with Crippen molar-refractivity contribution in [2.75, 3.05) is 12.0 Å². The first-order chi connectivity index (χ1) is 6.42. The van der Waals surface area contributed by atoms with Gasteiger partial charge in [0.05, 0.1) is 11.8 Å². The number of sulfone groups is 1. The van der Waals surface area contributed by atoms with Crippen LogP contribution >= 0.6 is 0 Å². The molecule has 0 aliphatic heterocycles. The Kier molecular flexibility index (Phi) is 3.34. The molecule has 0 saturated carbocycles. The molecule has 0 fully saturated rings. The number of hydrogen-bond donors (Lipinski definition) is 1. The fourth-order valence-corrected chi connectivity index (χ4v) is 2.01. The van der Waals surface area contributed by atoms with Crippen LogP contribution in [0.4, 0.5) is 0 Å². The third-order valence-corrected chi connectivity index (χ3v) is 2.84. The van der Waals surface area contributed by atoms with Gasteiger partial charge in [-0.25, -0.2) is 8.42 Å². The highest BCUT2D eigenvalue weighted by Gasteiger charge is 2.16. The van der Waals surface area contributed by atoms with Crippen LogP contribution in [-0.2, 0) is 16.3 Å². The molecule has 80 valence electrons. The molecule has 0 bridgehead atoms. The van der Waals surface area contributed by atoms with Gasteiger partial charge in [0.25, 0.3) is 0 Å². The largest absolute Gasteiger partial charge is 0.464 e. The fraction of sp³-hybridized carbons (Fsp3) is 0.556. The second-order valence-electron chi connectivity index (χ2n) is 3.36. The van der Waals surface area contributed by atoms with Crippen LogP contribution < -0.4 is 5.73 Å². The lowest BCUT2D eigenvalue weighted by Gasteiger charge is -2.06. The first kappa shape index (κ1) is 11.3. The molecule has 0 saturated heterocycles. The Hall–Kier alpha value is -0.810. The Morgan fingerprint density at radius 2 is 2.14 bits per heavy atom. The predicted octanol–water partition coefficient (Wildman–Crippen LogP) is 0.886. The van der Waals surface area contributed by atoms with E-state index in [0.29, 0.717) is 5.76 Å². The molecule has 1 heterocycles. The van der Waals surface area contributed by atoms with E-state index in [4.69, 9.17) is 10.2 Å². The van der Waals surface area contributed by atoms with Gasteiger partial charge in [0.15, 0.2) is 0 Å². The zero-order valence-electron chi connectivity index (χ0n) is 8.36. The van der Waals surface area contributed by atoms with Crippen molar-refractivity contribution in [2.45, 2.75) is 19.4 Å². The van der Waals surface area contributed by atoms with E-state index >= 15 is 0 Å². The van der Waals surface area contributed by atoms with E-state index in [-0.39, 0.29) is 5.75 Å². The summed E-state index contributed by atoms with van der Waals surface area (Å²) in [4.78, 5) is 0. The number of nitrogens with two attached hydrogens (primary N) is 1. The number of hydrogen-bond acceptors (Lipinski definition) is 4. The summed E-state index contributed by atoms with van der Waals surface area (Å²) in [6.07, 6.45) is 1.95. The molecule has 0 spiro atoms. The first-order valence-corrected chi connectivity index (χ1v) is 6.50. The molecule has 14 heavy (non-hydrogen) atoms. The molecule has 2 N–H and O–H groups in total. The SMILES string of the molecule is CCc1ccc(C(N)CS(C)(=O)=O)o1. The zero-order chi connectivity index (χ0) is 10.8. The summed E-state index contributed by atoms with van der Waals surface area (Å²) in [6.45, 7) is 1.96. The maximum Gasteiger partial charge on any atom is 0.149 e. The summed E-state index contributed by atoms with van der Waals surface area (Å²) in [5, 5.41) is 0. The van der Waals surface area contributed by atoms with Crippen LogP contribution in [0.2, 0.25) is 0 Å². The van der Waals surface area contributed by atoms with Gasteiger partial charge in [-0.2, -0.15) is 0 Å². The van der Waals surface area contributed by atoms with E-state index in [2.05, 4.69) is 0 Å². The van der Waals surface area contributed by atoms with Gasteiger partial charge in [0.1, 0.15) is 21.4 Å². The summed E-state index contributed by atoms with van der Waals surface area (Å²) in [7, 11) is -3.05. The minimum absolute atomic E-state index is 0.0797. The van der Waals surface area contributed by atoms with Crippen LogP contribution in [-0.4, -0.2) is 20.4 Å². The molecule has 0 aliphatic carbocycles. The molecule has 1 rings (SSSR count). The molecule has 0 radical (unpaired) electrons. The van der Waals surface area contributed by atoms with Crippen LogP contribution in [0.5, 0.6) is 0 Å². The Balaban J connectivity index is 2.74. The van der Waals surface area contributed by atoms with E-state index in [0.717, 1.165) is 18.4 Å². The third kappa shape index (κ3) is 3.16. The topological polar surface area (TPSA) is 73.3 Å². The number of rotatable bonds is 4.